The number of rotatable bonds is 6. The van der Waals surface area contributed by atoms with Gasteiger partial charge in [-0.25, -0.2) is 0 Å². The molecule has 0 atom stereocenters. The van der Waals surface area contributed by atoms with Crippen molar-refractivity contribution in [3.8, 4) is 0 Å². The number of aliphatic imine (C=N–C) groups is 1. The van der Waals surface area contributed by atoms with Gasteiger partial charge in [-0.1, -0.05) is 6.08 Å². The number of nitrogens with zero attached hydrogens (tertiary/aromatic N) is 2. The molecule has 0 aliphatic heterocycles. The first kappa shape index (κ1) is 13.4. The highest BCUT2D eigenvalue weighted by Crippen LogP contribution is 2.00. The fourth-order valence-electron chi connectivity index (χ4n) is 1.54. The minimum absolute atomic E-state index is 0.658. The lowest BCUT2D eigenvalue weighted by Gasteiger charge is -2.21. The summed E-state index contributed by atoms with van der Waals surface area (Å²) in [5.74, 6) is 1.79. The van der Waals surface area contributed by atoms with Gasteiger partial charge in [-0.15, -0.1) is 6.58 Å². The molecule has 1 N–H and O–H groups in total. The normalized spacial score (nSPS) is 11.3. The predicted octanol–water partition coefficient (Wildman–Crippen LogP) is 2.25. The summed E-state index contributed by atoms with van der Waals surface area (Å²) < 4.78 is 5.26. The van der Waals surface area contributed by atoms with Gasteiger partial charge in [0.15, 0.2) is 5.96 Å². The van der Waals surface area contributed by atoms with Crippen molar-refractivity contribution >= 4 is 5.96 Å². The summed E-state index contributed by atoms with van der Waals surface area (Å²) in [5, 5.41) is 3.25. The van der Waals surface area contributed by atoms with Gasteiger partial charge in [0.2, 0.25) is 0 Å². The van der Waals surface area contributed by atoms with Crippen molar-refractivity contribution in [1.29, 1.82) is 0 Å². The first-order valence-electron chi connectivity index (χ1n) is 5.83. The Morgan fingerprint density at radius 3 is 3.06 bits per heavy atom. The standard InChI is InChI=1S/C13H21N3O/c1-4-5-6-9-16(3)13(14-2)15-11-12-8-7-10-17-12/h4,7-8,10H,1,5-6,9,11H2,2-3H3,(H,14,15). The molecule has 1 aromatic heterocycles. The second-order valence-corrected chi connectivity index (χ2v) is 3.83. The molecule has 0 amide bonds. The molecule has 4 nitrogen and oxygen atoms in total. The maximum absolute atomic E-state index is 5.26. The number of hydrogen-bond acceptors (Lipinski definition) is 2. The Hall–Kier alpha value is -1.71. The van der Waals surface area contributed by atoms with Crippen molar-refractivity contribution in [3.05, 3.63) is 36.8 Å². The molecule has 1 aromatic rings. The Morgan fingerprint density at radius 1 is 1.65 bits per heavy atom. The molecule has 0 radical (unpaired) electrons. The van der Waals surface area contributed by atoms with Crippen LogP contribution in [0.3, 0.4) is 0 Å². The summed E-state index contributed by atoms with van der Waals surface area (Å²) in [6.07, 6.45) is 5.72. The number of hydrogen-bond donors (Lipinski definition) is 1. The largest absolute Gasteiger partial charge is 0.467 e. The molecule has 1 rings (SSSR count). The summed E-state index contributed by atoms with van der Waals surface area (Å²) in [7, 11) is 3.81. The maximum atomic E-state index is 5.26. The molecule has 17 heavy (non-hydrogen) atoms. The van der Waals surface area contributed by atoms with Crippen molar-refractivity contribution in [3.63, 3.8) is 0 Å². The lowest BCUT2D eigenvalue weighted by atomic mass is 10.3. The van der Waals surface area contributed by atoms with Gasteiger partial charge in [0.1, 0.15) is 5.76 Å². The van der Waals surface area contributed by atoms with Crippen molar-refractivity contribution < 1.29 is 4.42 Å². The fourth-order valence-corrected chi connectivity index (χ4v) is 1.54. The van der Waals surface area contributed by atoms with E-state index in [2.05, 4.69) is 21.8 Å². The van der Waals surface area contributed by atoms with E-state index in [-0.39, 0.29) is 0 Å². The fraction of sp³-hybridized carbons (Fsp3) is 0.462. The topological polar surface area (TPSA) is 40.8 Å². The van der Waals surface area contributed by atoms with Gasteiger partial charge in [0.25, 0.3) is 0 Å². The van der Waals surface area contributed by atoms with E-state index in [1.165, 1.54) is 0 Å². The van der Waals surface area contributed by atoms with E-state index in [4.69, 9.17) is 4.42 Å². The third-order valence-corrected chi connectivity index (χ3v) is 2.48. The van der Waals surface area contributed by atoms with Crippen molar-refractivity contribution in [1.82, 2.24) is 10.2 Å². The van der Waals surface area contributed by atoms with E-state index in [0.717, 1.165) is 31.1 Å². The summed E-state index contributed by atoms with van der Waals surface area (Å²) in [6.45, 7) is 5.34. The number of allylic oxidation sites excluding steroid dienone is 1. The zero-order chi connectivity index (χ0) is 12.5. The first-order chi connectivity index (χ1) is 8.27. The van der Waals surface area contributed by atoms with Gasteiger partial charge in [0.05, 0.1) is 12.8 Å². The van der Waals surface area contributed by atoms with Gasteiger partial charge in [-0.3, -0.25) is 4.99 Å². The number of guanidine groups is 1. The summed E-state index contributed by atoms with van der Waals surface area (Å²) in [5.41, 5.74) is 0. The van der Waals surface area contributed by atoms with Crippen molar-refractivity contribution in [2.75, 3.05) is 20.6 Å². The second-order valence-electron chi connectivity index (χ2n) is 3.83. The van der Waals surface area contributed by atoms with Crippen LogP contribution in [0.2, 0.25) is 0 Å². The molecule has 0 saturated heterocycles. The zero-order valence-electron chi connectivity index (χ0n) is 10.6. The highest BCUT2D eigenvalue weighted by Gasteiger charge is 2.05. The summed E-state index contributed by atoms with van der Waals surface area (Å²) in [4.78, 5) is 6.33. The Balaban J connectivity index is 2.34. The first-order valence-corrected chi connectivity index (χ1v) is 5.83. The lowest BCUT2D eigenvalue weighted by Crippen LogP contribution is -2.38. The van der Waals surface area contributed by atoms with Gasteiger partial charge in [0, 0.05) is 20.6 Å². The molecule has 0 fully saturated rings. The van der Waals surface area contributed by atoms with E-state index in [1.807, 2.05) is 25.3 Å². The van der Waals surface area contributed by atoms with Crippen LogP contribution in [0, 0.1) is 0 Å². The van der Waals surface area contributed by atoms with Crippen molar-refractivity contribution in [2.24, 2.45) is 4.99 Å². The van der Waals surface area contributed by atoms with Crippen LogP contribution in [0.1, 0.15) is 18.6 Å². The third kappa shape index (κ3) is 4.76. The van der Waals surface area contributed by atoms with Crippen LogP contribution in [-0.2, 0) is 6.54 Å². The Kier molecular flexibility index (Phi) is 5.93. The van der Waals surface area contributed by atoms with Gasteiger partial charge in [-0.2, -0.15) is 0 Å². The number of furan rings is 1. The maximum Gasteiger partial charge on any atom is 0.193 e. The average Bonchev–Trinajstić information content (AvgIpc) is 2.83. The minimum atomic E-state index is 0.658. The van der Waals surface area contributed by atoms with E-state index in [0.29, 0.717) is 6.54 Å². The number of nitrogens with one attached hydrogen (secondary N) is 1. The smallest absolute Gasteiger partial charge is 0.193 e. The quantitative estimate of drug-likeness (QED) is 0.356. The van der Waals surface area contributed by atoms with Crippen LogP contribution in [-0.4, -0.2) is 31.5 Å². The van der Waals surface area contributed by atoms with Gasteiger partial charge < -0.3 is 14.6 Å². The molecule has 0 unspecified atom stereocenters. The molecular weight excluding hydrogens is 214 g/mol. The predicted molar refractivity (Wildman–Crippen MR) is 71.0 cm³/mol. The Bertz CT molecular complexity index is 344. The van der Waals surface area contributed by atoms with E-state index >= 15 is 0 Å². The van der Waals surface area contributed by atoms with Crippen LogP contribution in [0.15, 0.2) is 40.5 Å². The monoisotopic (exact) mass is 235 g/mol. The second kappa shape index (κ2) is 7.54. The minimum Gasteiger partial charge on any atom is -0.467 e. The van der Waals surface area contributed by atoms with E-state index in [1.54, 1.807) is 13.3 Å². The molecule has 1 heterocycles. The molecular formula is C13H21N3O. The molecule has 0 aliphatic rings. The van der Waals surface area contributed by atoms with Crippen molar-refractivity contribution in [2.45, 2.75) is 19.4 Å². The molecule has 0 aliphatic carbocycles. The molecule has 0 bridgehead atoms. The van der Waals surface area contributed by atoms with Crippen LogP contribution in [0.5, 0.6) is 0 Å². The molecule has 0 spiro atoms. The highest BCUT2D eigenvalue weighted by atomic mass is 16.3. The lowest BCUT2D eigenvalue weighted by molar-refractivity contribution is 0.455. The Morgan fingerprint density at radius 2 is 2.47 bits per heavy atom. The average molecular weight is 235 g/mol. The molecule has 0 saturated carbocycles. The van der Waals surface area contributed by atoms with Crippen LogP contribution in [0.25, 0.3) is 0 Å². The highest BCUT2D eigenvalue weighted by molar-refractivity contribution is 5.79. The third-order valence-electron chi connectivity index (χ3n) is 2.48. The van der Waals surface area contributed by atoms with Gasteiger partial charge >= 0.3 is 0 Å². The SMILES string of the molecule is C=CCCCN(C)C(=NC)NCc1ccco1. The number of unbranched alkanes of at least 4 members (excludes halogenated alkanes) is 1. The van der Waals surface area contributed by atoms with Crippen LogP contribution in [0.4, 0.5) is 0 Å². The molecule has 0 aromatic carbocycles. The Labute approximate surface area is 103 Å². The van der Waals surface area contributed by atoms with E-state index in [9.17, 15) is 0 Å². The molecule has 4 heteroatoms. The summed E-state index contributed by atoms with van der Waals surface area (Å²) in [6, 6.07) is 3.82. The van der Waals surface area contributed by atoms with Crippen LogP contribution >= 0.6 is 0 Å². The summed E-state index contributed by atoms with van der Waals surface area (Å²) >= 11 is 0. The zero-order valence-corrected chi connectivity index (χ0v) is 10.6. The molecule has 94 valence electrons. The van der Waals surface area contributed by atoms with E-state index < -0.39 is 0 Å². The van der Waals surface area contributed by atoms with Gasteiger partial charge in [-0.05, 0) is 25.0 Å². The van der Waals surface area contributed by atoms with Crippen LogP contribution < -0.4 is 5.32 Å².